The monoisotopic (exact) mass is 438 g/mol. The Morgan fingerprint density at radius 1 is 1.10 bits per heavy atom. The van der Waals surface area contributed by atoms with E-state index in [2.05, 4.69) is 25.7 Å². The lowest BCUT2D eigenvalue weighted by Crippen LogP contribution is -2.34. The van der Waals surface area contributed by atoms with Gasteiger partial charge in [0.15, 0.2) is 17.5 Å². The van der Waals surface area contributed by atoms with Crippen molar-refractivity contribution in [3.05, 3.63) is 46.5 Å². The van der Waals surface area contributed by atoms with Gasteiger partial charge in [-0.05, 0) is 32.2 Å². The average molecular weight is 438 g/mol. The number of rotatable bonds is 6. The number of amides is 2. The van der Waals surface area contributed by atoms with E-state index < -0.39 is 41.5 Å². The van der Waals surface area contributed by atoms with Gasteiger partial charge in [0.2, 0.25) is 17.0 Å². The number of aryl methyl sites for hydroxylation is 2. The molecule has 8 nitrogen and oxygen atoms in total. The quantitative estimate of drug-likeness (QED) is 0.452. The van der Waals surface area contributed by atoms with Crippen LogP contribution in [0.2, 0.25) is 0 Å². The Bertz CT molecular complexity index is 1150. The average Bonchev–Trinajstić information content (AvgIpc) is 3.13. The first-order valence-electron chi connectivity index (χ1n) is 8.68. The van der Waals surface area contributed by atoms with Crippen LogP contribution in [0.3, 0.4) is 0 Å². The number of carbonyl (C=O) groups excluding carboxylic acids is 2. The minimum Gasteiger partial charge on any atom is -0.347 e. The summed E-state index contributed by atoms with van der Waals surface area (Å²) in [7, 11) is 0. The molecular weight excluding hydrogens is 421 g/mol. The van der Waals surface area contributed by atoms with Crippen molar-refractivity contribution in [2.45, 2.75) is 25.4 Å². The second-order valence-corrected chi connectivity index (χ2v) is 7.07. The highest BCUT2D eigenvalue weighted by molar-refractivity contribution is 7.98. The number of benzene rings is 1. The molecule has 0 aliphatic carbocycles. The highest BCUT2D eigenvalue weighted by Gasteiger charge is 2.18. The first-order valence-corrected chi connectivity index (χ1v) is 9.90. The molecule has 2 aromatic heterocycles. The van der Waals surface area contributed by atoms with Gasteiger partial charge in [0, 0.05) is 17.0 Å². The molecule has 0 atom stereocenters. The fourth-order valence-corrected chi connectivity index (χ4v) is 3.09. The fourth-order valence-electron chi connectivity index (χ4n) is 2.75. The molecule has 0 aliphatic heterocycles. The Morgan fingerprint density at radius 2 is 1.83 bits per heavy atom. The van der Waals surface area contributed by atoms with Crippen LogP contribution in [0.15, 0.2) is 17.3 Å². The maximum atomic E-state index is 13.6. The number of hydrogen-bond donors (Lipinski definition) is 2. The maximum Gasteiger partial charge on any atom is 0.253 e. The van der Waals surface area contributed by atoms with Crippen LogP contribution in [0.25, 0.3) is 5.78 Å². The molecule has 0 aliphatic rings. The molecule has 158 valence electrons. The van der Waals surface area contributed by atoms with Gasteiger partial charge in [-0.25, -0.2) is 22.7 Å². The zero-order valence-corrected chi connectivity index (χ0v) is 17.0. The zero-order valence-electron chi connectivity index (χ0n) is 16.2. The number of nitrogens with one attached hydrogen (secondary N) is 2. The van der Waals surface area contributed by atoms with Crippen LogP contribution < -0.4 is 10.6 Å². The largest absolute Gasteiger partial charge is 0.347 e. The van der Waals surface area contributed by atoms with Gasteiger partial charge in [-0.1, -0.05) is 11.8 Å². The number of hydrogen-bond acceptors (Lipinski definition) is 6. The molecule has 1 aromatic carbocycles. The molecule has 0 bridgehead atoms. The first-order chi connectivity index (χ1) is 14.2. The van der Waals surface area contributed by atoms with Gasteiger partial charge in [0.05, 0.1) is 18.7 Å². The van der Waals surface area contributed by atoms with Crippen molar-refractivity contribution in [1.29, 1.82) is 0 Å². The lowest BCUT2D eigenvalue weighted by Gasteiger charge is -2.11. The minimum atomic E-state index is -1.69. The van der Waals surface area contributed by atoms with E-state index in [9.17, 15) is 22.8 Å². The van der Waals surface area contributed by atoms with Gasteiger partial charge < -0.3 is 10.6 Å². The second-order valence-electron chi connectivity index (χ2n) is 6.30. The number of fused-ring (bicyclic) bond motifs is 1. The predicted molar refractivity (Wildman–Crippen MR) is 104 cm³/mol. The summed E-state index contributed by atoms with van der Waals surface area (Å²) in [6.45, 7) is 3.04. The molecular formula is C18H17F3N6O2S. The van der Waals surface area contributed by atoms with Crippen molar-refractivity contribution in [2.24, 2.45) is 0 Å². The summed E-state index contributed by atoms with van der Waals surface area (Å²) in [5.74, 6) is -5.43. The third-order valence-electron chi connectivity index (χ3n) is 4.30. The van der Waals surface area contributed by atoms with Crippen LogP contribution in [-0.2, 0) is 16.0 Å². The lowest BCUT2D eigenvalue weighted by molar-refractivity contribution is -0.123. The predicted octanol–water partition coefficient (Wildman–Crippen LogP) is 2.18. The van der Waals surface area contributed by atoms with Gasteiger partial charge in [0.25, 0.3) is 5.78 Å². The molecule has 2 N–H and O–H groups in total. The van der Waals surface area contributed by atoms with E-state index in [1.165, 1.54) is 11.8 Å². The normalized spacial score (nSPS) is 11.0. The number of carbonyl (C=O) groups is 2. The second kappa shape index (κ2) is 8.69. The summed E-state index contributed by atoms with van der Waals surface area (Å²) in [5.41, 5.74) is 1.40. The van der Waals surface area contributed by atoms with Crippen LogP contribution in [0.1, 0.15) is 17.0 Å². The standard InChI is InChI=1S/C18H17F3N6O2S/c1-8-10(9(2)27-17(23-8)25-18(26-27)30-3)6-13(28)22-7-14(29)24-12-5-4-11(19)15(20)16(12)21/h4-5H,6-7H2,1-3H3,(H,22,28)(H,24,29). The van der Waals surface area contributed by atoms with E-state index in [1.54, 1.807) is 18.4 Å². The van der Waals surface area contributed by atoms with Crippen LogP contribution in [0, 0.1) is 31.3 Å². The van der Waals surface area contributed by atoms with Crippen molar-refractivity contribution in [3.8, 4) is 0 Å². The zero-order chi connectivity index (χ0) is 22.0. The summed E-state index contributed by atoms with van der Waals surface area (Å²) in [4.78, 5) is 32.8. The Hall–Kier alpha value is -3.15. The van der Waals surface area contributed by atoms with E-state index in [1.807, 2.05) is 6.26 Å². The number of aromatic nitrogens is 4. The summed E-state index contributed by atoms with van der Waals surface area (Å²) in [5, 5.41) is 9.33. The maximum absolute atomic E-state index is 13.6. The number of halogens is 3. The highest BCUT2D eigenvalue weighted by atomic mass is 32.2. The smallest absolute Gasteiger partial charge is 0.253 e. The molecule has 0 saturated carbocycles. The van der Waals surface area contributed by atoms with Crippen LogP contribution in [-0.4, -0.2) is 44.2 Å². The summed E-state index contributed by atoms with van der Waals surface area (Å²) in [6, 6.07) is 1.58. The molecule has 2 amide bonds. The third-order valence-corrected chi connectivity index (χ3v) is 4.84. The molecule has 0 saturated heterocycles. The van der Waals surface area contributed by atoms with Gasteiger partial charge >= 0.3 is 0 Å². The SMILES string of the molecule is CSc1nc2nc(C)c(CC(=O)NCC(=O)Nc3ccc(F)c(F)c3F)c(C)n2n1. The van der Waals surface area contributed by atoms with Crippen molar-refractivity contribution in [1.82, 2.24) is 24.9 Å². The van der Waals surface area contributed by atoms with Gasteiger partial charge in [-0.15, -0.1) is 5.10 Å². The molecule has 0 spiro atoms. The Kier molecular flexibility index (Phi) is 6.25. The topological polar surface area (TPSA) is 101 Å². The van der Waals surface area contributed by atoms with E-state index in [-0.39, 0.29) is 6.42 Å². The molecule has 3 rings (SSSR count). The highest BCUT2D eigenvalue weighted by Crippen LogP contribution is 2.19. The van der Waals surface area contributed by atoms with E-state index in [0.29, 0.717) is 34.0 Å². The molecule has 2 heterocycles. The van der Waals surface area contributed by atoms with Crippen LogP contribution in [0.5, 0.6) is 0 Å². The molecule has 0 unspecified atom stereocenters. The molecule has 3 aromatic rings. The van der Waals surface area contributed by atoms with E-state index in [4.69, 9.17) is 0 Å². The van der Waals surface area contributed by atoms with Crippen LogP contribution >= 0.6 is 11.8 Å². The third kappa shape index (κ3) is 4.37. The minimum absolute atomic E-state index is 0.0676. The summed E-state index contributed by atoms with van der Waals surface area (Å²) >= 11 is 1.37. The number of anilines is 1. The summed E-state index contributed by atoms with van der Waals surface area (Å²) in [6.07, 6.45) is 1.77. The van der Waals surface area contributed by atoms with Gasteiger partial charge in [0.1, 0.15) is 0 Å². The Balaban J connectivity index is 1.65. The Morgan fingerprint density at radius 3 is 2.53 bits per heavy atom. The molecule has 0 radical (unpaired) electrons. The number of nitrogens with zero attached hydrogens (tertiary/aromatic N) is 4. The van der Waals surface area contributed by atoms with E-state index >= 15 is 0 Å². The van der Waals surface area contributed by atoms with E-state index in [0.717, 1.165) is 6.07 Å². The lowest BCUT2D eigenvalue weighted by atomic mass is 10.1. The molecule has 30 heavy (non-hydrogen) atoms. The molecule has 12 heteroatoms. The molecule has 0 fully saturated rings. The first kappa shape index (κ1) is 21.6. The van der Waals surface area contributed by atoms with Crippen molar-refractivity contribution < 1.29 is 22.8 Å². The van der Waals surface area contributed by atoms with Gasteiger partial charge in [-0.3, -0.25) is 9.59 Å². The number of thioether (sulfide) groups is 1. The summed E-state index contributed by atoms with van der Waals surface area (Å²) < 4.78 is 41.3. The van der Waals surface area contributed by atoms with Crippen molar-refractivity contribution in [3.63, 3.8) is 0 Å². The van der Waals surface area contributed by atoms with Crippen LogP contribution in [0.4, 0.5) is 18.9 Å². The van der Waals surface area contributed by atoms with Crippen molar-refractivity contribution in [2.75, 3.05) is 18.1 Å². The Labute approximate surface area is 173 Å². The van der Waals surface area contributed by atoms with Crippen molar-refractivity contribution >= 4 is 35.0 Å². The van der Waals surface area contributed by atoms with Gasteiger partial charge in [-0.2, -0.15) is 4.98 Å². The fraction of sp³-hybridized carbons (Fsp3) is 0.278.